The average Bonchev–Trinajstić information content (AvgIpc) is 3.50. The van der Waals surface area contributed by atoms with Gasteiger partial charge in [-0.1, -0.05) is 42.0 Å². The lowest BCUT2D eigenvalue weighted by atomic mass is 9.92. The average molecular weight is 681 g/mol. The molecule has 0 N–H and O–H groups in total. The summed E-state index contributed by atoms with van der Waals surface area (Å²) >= 11 is 0. The summed E-state index contributed by atoms with van der Waals surface area (Å²) in [5.41, 5.74) is 5.29. The van der Waals surface area contributed by atoms with Crippen LogP contribution in [0.25, 0.3) is 28.2 Å². The summed E-state index contributed by atoms with van der Waals surface area (Å²) in [7, 11) is 1.39. The molecule has 266 valence electrons. The summed E-state index contributed by atoms with van der Waals surface area (Å²) in [6.07, 6.45) is 7.01. The van der Waals surface area contributed by atoms with Gasteiger partial charge in [0.1, 0.15) is 11.6 Å². The van der Waals surface area contributed by atoms with Gasteiger partial charge in [0.2, 0.25) is 5.78 Å². The van der Waals surface area contributed by atoms with Crippen LogP contribution in [0.15, 0.2) is 74.0 Å². The molecule has 0 amide bonds. The molecule has 0 bridgehead atoms. The van der Waals surface area contributed by atoms with Gasteiger partial charge in [-0.3, -0.25) is 4.40 Å². The Morgan fingerprint density at radius 3 is 2.42 bits per heavy atom. The van der Waals surface area contributed by atoms with Crippen LogP contribution in [-0.2, 0) is 19.0 Å². The quantitative estimate of drug-likeness (QED) is 0.103. The molecule has 3 heterocycles. The fraction of sp³-hybridized carbons (Fsp3) is 0.439. The first-order chi connectivity index (χ1) is 23.8. The minimum absolute atomic E-state index is 0.00482. The number of nitrogens with zero attached hydrogens (tertiary/aromatic N) is 4. The van der Waals surface area contributed by atoms with Crippen LogP contribution in [0.5, 0.6) is 5.75 Å². The number of hydrogen-bond donors (Lipinski definition) is 0. The largest absolute Gasteiger partial charge is 0.490 e. The van der Waals surface area contributed by atoms with Crippen molar-refractivity contribution in [2.75, 3.05) is 31.7 Å². The third kappa shape index (κ3) is 8.28. The van der Waals surface area contributed by atoms with Crippen molar-refractivity contribution in [3.63, 3.8) is 0 Å². The van der Waals surface area contributed by atoms with Crippen molar-refractivity contribution in [2.24, 2.45) is 0 Å². The third-order valence-electron chi connectivity index (χ3n) is 9.06. The smallest absolute Gasteiger partial charge is 0.339 e. The third-order valence-corrected chi connectivity index (χ3v) is 9.06. The number of fused-ring (bicyclic) bond motifs is 1. The van der Waals surface area contributed by atoms with E-state index in [9.17, 15) is 4.79 Å². The molecule has 5 rings (SSSR count). The Kier molecular flexibility index (Phi) is 11.2. The van der Waals surface area contributed by atoms with Crippen molar-refractivity contribution in [1.82, 2.24) is 14.4 Å². The van der Waals surface area contributed by atoms with Crippen LogP contribution in [0.3, 0.4) is 0 Å². The van der Waals surface area contributed by atoms with Gasteiger partial charge in [0.05, 0.1) is 48.0 Å². The maximum absolute atomic E-state index is 13.4. The topological polar surface area (TPSA) is 87.4 Å². The molecule has 0 saturated carbocycles. The second kappa shape index (κ2) is 15.2. The van der Waals surface area contributed by atoms with Gasteiger partial charge >= 0.3 is 5.97 Å². The SMILES string of the molecule is C=CCOC1(C)CCN(c2c([C@H](OC(C)(C)C)C(=O)OC)c(C)nc3nc(-c4cccc(-c5cc(C)ccc5O[C@@H](C)CC=C)c4)cn23)CC1. The molecule has 9 nitrogen and oxygen atoms in total. The summed E-state index contributed by atoms with van der Waals surface area (Å²) in [5.74, 6) is 1.70. The summed E-state index contributed by atoms with van der Waals surface area (Å²) in [6, 6.07) is 14.6. The molecular formula is C41H52N4O5. The Bertz CT molecular complexity index is 1850. The first-order valence-electron chi connectivity index (χ1n) is 17.4. The van der Waals surface area contributed by atoms with E-state index >= 15 is 0 Å². The number of aromatic nitrogens is 3. The normalized spacial score (nSPS) is 15.8. The van der Waals surface area contributed by atoms with Crippen LogP contribution in [0.2, 0.25) is 0 Å². The molecule has 50 heavy (non-hydrogen) atoms. The summed E-state index contributed by atoms with van der Waals surface area (Å²) in [4.78, 5) is 25.7. The van der Waals surface area contributed by atoms with Gasteiger partial charge in [0.25, 0.3) is 0 Å². The zero-order chi connectivity index (χ0) is 36.2. The molecular weight excluding hydrogens is 628 g/mol. The van der Waals surface area contributed by atoms with Gasteiger partial charge in [0.15, 0.2) is 6.10 Å². The number of methoxy groups -OCH3 is 1. The lowest BCUT2D eigenvalue weighted by Crippen LogP contribution is -2.45. The van der Waals surface area contributed by atoms with E-state index in [4.69, 9.17) is 28.9 Å². The fourth-order valence-electron chi connectivity index (χ4n) is 6.48. The number of hydrogen-bond acceptors (Lipinski definition) is 8. The molecule has 2 aromatic carbocycles. The predicted molar refractivity (Wildman–Crippen MR) is 200 cm³/mol. The lowest BCUT2D eigenvalue weighted by molar-refractivity contribution is -0.164. The van der Waals surface area contributed by atoms with Gasteiger partial charge < -0.3 is 23.8 Å². The molecule has 1 fully saturated rings. The van der Waals surface area contributed by atoms with E-state index in [-0.39, 0.29) is 11.7 Å². The zero-order valence-electron chi connectivity index (χ0n) is 30.9. The molecule has 2 aromatic heterocycles. The number of esters is 1. The molecule has 0 spiro atoms. The van der Waals surface area contributed by atoms with Crippen LogP contribution in [0.1, 0.15) is 76.8 Å². The summed E-state index contributed by atoms with van der Waals surface area (Å²) in [6.45, 7) is 23.6. The molecule has 0 aliphatic carbocycles. The molecule has 2 atom stereocenters. The highest BCUT2D eigenvalue weighted by Gasteiger charge is 2.38. The number of anilines is 1. The van der Waals surface area contributed by atoms with Crippen molar-refractivity contribution < 1.29 is 23.7 Å². The summed E-state index contributed by atoms with van der Waals surface area (Å²) < 4.78 is 26.3. The maximum Gasteiger partial charge on any atom is 0.339 e. The zero-order valence-corrected chi connectivity index (χ0v) is 30.9. The second-order valence-corrected chi connectivity index (χ2v) is 14.4. The van der Waals surface area contributed by atoms with E-state index in [1.807, 2.05) is 63.4 Å². The Labute approximate surface area is 296 Å². The molecule has 0 radical (unpaired) electrons. The molecule has 1 aliphatic heterocycles. The fourth-order valence-corrected chi connectivity index (χ4v) is 6.48. The number of benzene rings is 2. The van der Waals surface area contributed by atoms with E-state index in [1.165, 1.54) is 7.11 Å². The van der Waals surface area contributed by atoms with Crippen LogP contribution >= 0.6 is 0 Å². The van der Waals surface area contributed by atoms with E-state index < -0.39 is 17.7 Å². The van der Waals surface area contributed by atoms with E-state index in [1.54, 1.807) is 6.08 Å². The van der Waals surface area contributed by atoms with Crippen LogP contribution in [0, 0.1) is 13.8 Å². The number of rotatable bonds is 13. The molecule has 1 aliphatic rings. The van der Waals surface area contributed by atoms with Crippen molar-refractivity contribution in [3.05, 3.63) is 90.8 Å². The van der Waals surface area contributed by atoms with Crippen molar-refractivity contribution in [2.45, 2.75) is 91.1 Å². The number of carbonyl (C=O) groups excluding carboxylic acids is 1. The summed E-state index contributed by atoms with van der Waals surface area (Å²) in [5, 5.41) is 0. The Hall–Kier alpha value is -4.47. The number of ether oxygens (including phenoxy) is 4. The maximum atomic E-state index is 13.4. The Balaban J connectivity index is 1.64. The van der Waals surface area contributed by atoms with Crippen molar-refractivity contribution >= 4 is 17.6 Å². The monoisotopic (exact) mass is 680 g/mol. The van der Waals surface area contributed by atoms with Gasteiger partial charge in [0, 0.05) is 36.8 Å². The number of carbonyl (C=O) groups is 1. The second-order valence-electron chi connectivity index (χ2n) is 14.4. The standard InChI is InChI=1S/C41H52N4O5/c1-11-14-28(4)49-34-18-17-27(3)24-32(34)30-15-13-16-31(25-30)33-26-45-37(44-21-19-41(9,20-22-44)48-23-12-2)35(29(5)42-39(45)43-33)36(38(46)47-10)50-40(6,7)8/h11-13,15-18,24-26,28,36H,1-2,14,19-23H2,3-10H3/t28-,36-/m0/s1. The van der Waals surface area contributed by atoms with Crippen molar-refractivity contribution in [3.8, 4) is 28.1 Å². The molecule has 0 unspecified atom stereocenters. The first kappa shape index (κ1) is 36.8. The predicted octanol–water partition coefficient (Wildman–Crippen LogP) is 8.61. The van der Waals surface area contributed by atoms with Crippen molar-refractivity contribution in [1.29, 1.82) is 0 Å². The number of piperidine rings is 1. The highest BCUT2D eigenvalue weighted by molar-refractivity contribution is 5.81. The lowest BCUT2D eigenvalue weighted by Gasteiger charge is -2.41. The number of aryl methyl sites for hydroxylation is 2. The van der Waals surface area contributed by atoms with Crippen LogP contribution < -0.4 is 9.64 Å². The molecule has 9 heteroatoms. The van der Waals surface area contributed by atoms with Crippen LogP contribution in [0.4, 0.5) is 5.82 Å². The van der Waals surface area contributed by atoms with E-state index in [0.717, 1.165) is 58.8 Å². The highest BCUT2D eigenvalue weighted by Crippen LogP contribution is 2.40. The van der Waals surface area contributed by atoms with Gasteiger partial charge in [-0.25, -0.2) is 14.8 Å². The first-order valence-corrected chi connectivity index (χ1v) is 17.4. The molecule has 4 aromatic rings. The van der Waals surface area contributed by atoms with E-state index in [2.05, 4.69) is 62.2 Å². The van der Waals surface area contributed by atoms with Gasteiger partial charge in [-0.2, -0.15) is 0 Å². The van der Waals surface area contributed by atoms with Crippen LogP contribution in [-0.4, -0.2) is 64.5 Å². The van der Waals surface area contributed by atoms with Gasteiger partial charge in [-0.15, -0.1) is 13.2 Å². The highest BCUT2D eigenvalue weighted by atomic mass is 16.6. The molecule has 1 saturated heterocycles. The minimum atomic E-state index is -0.991. The number of imidazole rings is 1. The Morgan fingerprint density at radius 1 is 1.04 bits per heavy atom. The van der Waals surface area contributed by atoms with Gasteiger partial charge in [-0.05, 0) is 85.1 Å². The minimum Gasteiger partial charge on any atom is -0.490 e. The Morgan fingerprint density at radius 2 is 1.76 bits per heavy atom. The van der Waals surface area contributed by atoms with E-state index in [0.29, 0.717) is 36.7 Å².